The van der Waals surface area contributed by atoms with Gasteiger partial charge in [0.25, 0.3) is 0 Å². The Hall–Kier alpha value is -2.09. The van der Waals surface area contributed by atoms with Crippen LogP contribution in [0.4, 0.5) is 0 Å². The van der Waals surface area contributed by atoms with Crippen molar-refractivity contribution in [3.63, 3.8) is 0 Å². The van der Waals surface area contributed by atoms with Gasteiger partial charge < -0.3 is 4.74 Å². The van der Waals surface area contributed by atoms with E-state index >= 15 is 0 Å². The van der Waals surface area contributed by atoms with E-state index < -0.39 is 0 Å². The Labute approximate surface area is 101 Å². The Bertz CT molecular complexity index is 530. The zero-order valence-electron chi connectivity index (χ0n) is 9.94. The van der Waals surface area contributed by atoms with Crippen LogP contribution >= 0.6 is 0 Å². The SMILES string of the molecule is COc1cc(C(C)=O)ccc1-c1ccccc1. The van der Waals surface area contributed by atoms with E-state index in [1.54, 1.807) is 20.1 Å². The Balaban J connectivity index is 2.52. The third kappa shape index (κ3) is 2.36. The van der Waals surface area contributed by atoms with Crippen LogP contribution < -0.4 is 4.74 Å². The summed E-state index contributed by atoms with van der Waals surface area (Å²) in [6, 6.07) is 15.5. The monoisotopic (exact) mass is 226 g/mol. The number of carbonyl (C=O) groups excluding carboxylic acids is 1. The van der Waals surface area contributed by atoms with Gasteiger partial charge in [0, 0.05) is 11.1 Å². The second kappa shape index (κ2) is 4.83. The second-order valence-corrected chi connectivity index (χ2v) is 3.84. The molecule has 0 aliphatic carbocycles. The van der Waals surface area contributed by atoms with Gasteiger partial charge in [0.2, 0.25) is 0 Å². The number of Topliss-reactive ketones (excluding diaryl/α,β-unsaturated/α-hetero) is 1. The average molecular weight is 226 g/mol. The van der Waals surface area contributed by atoms with E-state index in [4.69, 9.17) is 4.74 Å². The number of ketones is 1. The number of hydrogen-bond donors (Lipinski definition) is 0. The van der Waals surface area contributed by atoms with Crippen molar-refractivity contribution < 1.29 is 9.53 Å². The zero-order valence-corrected chi connectivity index (χ0v) is 9.94. The van der Waals surface area contributed by atoms with E-state index in [1.807, 2.05) is 42.5 Å². The predicted molar refractivity (Wildman–Crippen MR) is 68.4 cm³/mol. The first kappa shape index (κ1) is 11.4. The van der Waals surface area contributed by atoms with Gasteiger partial charge in [0.15, 0.2) is 5.78 Å². The molecule has 0 bridgehead atoms. The van der Waals surface area contributed by atoms with Gasteiger partial charge in [-0.2, -0.15) is 0 Å². The highest BCUT2D eigenvalue weighted by Crippen LogP contribution is 2.30. The third-order valence-corrected chi connectivity index (χ3v) is 2.69. The summed E-state index contributed by atoms with van der Waals surface area (Å²) < 4.78 is 5.34. The number of methoxy groups -OCH3 is 1. The average Bonchev–Trinajstić information content (AvgIpc) is 2.39. The summed E-state index contributed by atoms with van der Waals surface area (Å²) in [5, 5.41) is 0. The van der Waals surface area contributed by atoms with Gasteiger partial charge in [0.05, 0.1) is 7.11 Å². The lowest BCUT2D eigenvalue weighted by molar-refractivity contribution is 0.101. The first-order valence-corrected chi connectivity index (χ1v) is 5.47. The molecule has 2 aromatic carbocycles. The molecule has 0 spiro atoms. The summed E-state index contributed by atoms with van der Waals surface area (Å²) in [4.78, 5) is 11.3. The van der Waals surface area contributed by atoms with Crippen molar-refractivity contribution in [2.75, 3.05) is 7.11 Å². The van der Waals surface area contributed by atoms with Gasteiger partial charge in [-0.15, -0.1) is 0 Å². The molecule has 0 aliphatic rings. The van der Waals surface area contributed by atoms with Crippen LogP contribution in [-0.2, 0) is 0 Å². The van der Waals surface area contributed by atoms with Crippen LogP contribution in [0.5, 0.6) is 5.75 Å². The van der Waals surface area contributed by atoms with E-state index in [-0.39, 0.29) is 5.78 Å². The van der Waals surface area contributed by atoms with Gasteiger partial charge in [-0.25, -0.2) is 0 Å². The molecule has 17 heavy (non-hydrogen) atoms. The topological polar surface area (TPSA) is 26.3 Å². The fourth-order valence-electron chi connectivity index (χ4n) is 1.77. The zero-order chi connectivity index (χ0) is 12.3. The number of ether oxygens (including phenoxy) is 1. The molecule has 2 nitrogen and oxygen atoms in total. The molecule has 0 atom stereocenters. The molecule has 0 saturated heterocycles. The molecule has 2 aromatic rings. The van der Waals surface area contributed by atoms with Crippen molar-refractivity contribution in [1.82, 2.24) is 0 Å². The number of carbonyl (C=O) groups is 1. The van der Waals surface area contributed by atoms with Crippen LogP contribution in [-0.4, -0.2) is 12.9 Å². The highest BCUT2D eigenvalue weighted by Gasteiger charge is 2.08. The first-order chi connectivity index (χ1) is 8.22. The lowest BCUT2D eigenvalue weighted by Gasteiger charge is -2.09. The van der Waals surface area contributed by atoms with Crippen molar-refractivity contribution in [2.24, 2.45) is 0 Å². The smallest absolute Gasteiger partial charge is 0.159 e. The van der Waals surface area contributed by atoms with Crippen LogP contribution in [0.2, 0.25) is 0 Å². The minimum absolute atomic E-state index is 0.0444. The maximum absolute atomic E-state index is 11.3. The largest absolute Gasteiger partial charge is 0.496 e. The van der Waals surface area contributed by atoms with E-state index in [0.29, 0.717) is 5.56 Å². The van der Waals surface area contributed by atoms with Gasteiger partial charge in [-0.05, 0) is 24.6 Å². The Morgan fingerprint density at radius 3 is 2.35 bits per heavy atom. The molecular weight excluding hydrogens is 212 g/mol. The molecule has 0 heterocycles. The van der Waals surface area contributed by atoms with E-state index in [2.05, 4.69) is 0 Å². The Morgan fingerprint density at radius 2 is 1.76 bits per heavy atom. The van der Waals surface area contributed by atoms with Crippen LogP contribution in [0.1, 0.15) is 17.3 Å². The maximum Gasteiger partial charge on any atom is 0.159 e. The van der Waals surface area contributed by atoms with Crippen molar-refractivity contribution >= 4 is 5.78 Å². The molecule has 2 heteroatoms. The quantitative estimate of drug-likeness (QED) is 0.748. The third-order valence-electron chi connectivity index (χ3n) is 2.69. The van der Waals surface area contributed by atoms with E-state index in [9.17, 15) is 4.79 Å². The molecule has 0 aromatic heterocycles. The lowest BCUT2D eigenvalue weighted by atomic mass is 10.0. The van der Waals surface area contributed by atoms with Crippen LogP contribution in [0.15, 0.2) is 48.5 Å². The molecule has 0 unspecified atom stereocenters. The van der Waals surface area contributed by atoms with Crippen LogP contribution in [0.3, 0.4) is 0 Å². The summed E-state index contributed by atoms with van der Waals surface area (Å²) in [6.45, 7) is 1.55. The van der Waals surface area contributed by atoms with Gasteiger partial charge in [-0.1, -0.05) is 36.4 Å². The first-order valence-electron chi connectivity index (χ1n) is 5.47. The number of hydrogen-bond acceptors (Lipinski definition) is 2. The summed E-state index contributed by atoms with van der Waals surface area (Å²) in [7, 11) is 1.62. The highest BCUT2D eigenvalue weighted by molar-refractivity contribution is 5.95. The minimum atomic E-state index is 0.0444. The van der Waals surface area contributed by atoms with E-state index in [0.717, 1.165) is 16.9 Å². The molecule has 0 fully saturated rings. The van der Waals surface area contributed by atoms with Gasteiger partial charge in [0.1, 0.15) is 5.75 Å². The molecule has 86 valence electrons. The van der Waals surface area contributed by atoms with E-state index in [1.165, 1.54) is 0 Å². The molecule has 0 N–H and O–H groups in total. The lowest BCUT2D eigenvalue weighted by Crippen LogP contribution is -1.95. The molecule has 0 amide bonds. The predicted octanol–water partition coefficient (Wildman–Crippen LogP) is 3.56. The van der Waals surface area contributed by atoms with Crippen molar-refractivity contribution in [3.8, 4) is 16.9 Å². The van der Waals surface area contributed by atoms with Crippen LogP contribution in [0, 0.1) is 0 Å². The minimum Gasteiger partial charge on any atom is -0.496 e. The van der Waals surface area contributed by atoms with Gasteiger partial charge in [-0.3, -0.25) is 4.79 Å². The molecule has 0 radical (unpaired) electrons. The van der Waals surface area contributed by atoms with Crippen molar-refractivity contribution in [2.45, 2.75) is 6.92 Å². The number of benzene rings is 2. The standard InChI is InChI=1S/C15H14O2/c1-11(16)13-8-9-14(15(10-13)17-2)12-6-4-3-5-7-12/h3-10H,1-2H3. The second-order valence-electron chi connectivity index (χ2n) is 3.84. The molecule has 2 rings (SSSR count). The number of rotatable bonds is 3. The summed E-state index contributed by atoms with van der Waals surface area (Å²) in [6.07, 6.45) is 0. The normalized spacial score (nSPS) is 10.0. The summed E-state index contributed by atoms with van der Waals surface area (Å²) in [5.41, 5.74) is 2.75. The van der Waals surface area contributed by atoms with Gasteiger partial charge >= 0.3 is 0 Å². The molecule has 0 saturated carbocycles. The van der Waals surface area contributed by atoms with Crippen LogP contribution in [0.25, 0.3) is 11.1 Å². The summed E-state index contributed by atoms with van der Waals surface area (Å²) in [5.74, 6) is 0.770. The van der Waals surface area contributed by atoms with Crippen molar-refractivity contribution in [3.05, 3.63) is 54.1 Å². The molecule has 0 aliphatic heterocycles. The highest BCUT2D eigenvalue weighted by atomic mass is 16.5. The maximum atomic E-state index is 11.3. The fourth-order valence-corrected chi connectivity index (χ4v) is 1.77. The van der Waals surface area contributed by atoms with Crippen molar-refractivity contribution in [1.29, 1.82) is 0 Å². The Morgan fingerprint density at radius 1 is 1.06 bits per heavy atom. The molecular formula is C15H14O2. The summed E-state index contributed by atoms with van der Waals surface area (Å²) >= 11 is 0. The fraction of sp³-hybridized carbons (Fsp3) is 0.133. The Kier molecular flexibility index (Phi) is 3.24.